The van der Waals surface area contributed by atoms with Crippen LogP contribution >= 0.6 is 0 Å². The maximum atomic E-state index is 10.4. The number of ether oxygens (including phenoxy) is 2. The SMILES string of the molecule is CCCOc1cncc(C(O)C2(OC)CCC2)c1. The molecule has 0 spiro atoms. The van der Waals surface area contributed by atoms with E-state index >= 15 is 0 Å². The lowest BCUT2D eigenvalue weighted by molar-refractivity contribution is -0.151. The molecule has 4 heteroatoms. The number of methoxy groups -OCH3 is 1. The lowest BCUT2D eigenvalue weighted by Crippen LogP contribution is -2.45. The maximum Gasteiger partial charge on any atom is 0.137 e. The number of rotatable bonds is 6. The van der Waals surface area contributed by atoms with Gasteiger partial charge in [0.1, 0.15) is 11.9 Å². The molecule has 18 heavy (non-hydrogen) atoms. The molecular formula is C14H21NO3. The first kappa shape index (κ1) is 13.3. The molecule has 0 saturated heterocycles. The summed E-state index contributed by atoms with van der Waals surface area (Å²) in [4.78, 5) is 4.12. The molecule has 0 aliphatic heterocycles. The molecule has 1 aromatic heterocycles. The molecule has 1 atom stereocenters. The van der Waals surface area contributed by atoms with Gasteiger partial charge in [0.2, 0.25) is 0 Å². The van der Waals surface area contributed by atoms with Gasteiger partial charge in [0.05, 0.1) is 18.4 Å². The molecule has 1 saturated carbocycles. The summed E-state index contributed by atoms with van der Waals surface area (Å²) in [6.07, 6.45) is 6.57. The largest absolute Gasteiger partial charge is 0.492 e. The average molecular weight is 251 g/mol. The summed E-state index contributed by atoms with van der Waals surface area (Å²) in [6, 6.07) is 1.85. The van der Waals surface area contributed by atoms with Crippen molar-refractivity contribution in [2.24, 2.45) is 0 Å². The Hall–Kier alpha value is -1.13. The van der Waals surface area contributed by atoms with Gasteiger partial charge < -0.3 is 14.6 Å². The van der Waals surface area contributed by atoms with Crippen molar-refractivity contribution in [2.75, 3.05) is 13.7 Å². The van der Waals surface area contributed by atoms with Crippen LogP contribution < -0.4 is 4.74 Å². The van der Waals surface area contributed by atoms with Gasteiger partial charge in [-0.1, -0.05) is 6.92 Å². The Balaban J connectivity index is 2.12. The zero-order chi connectivity index (χ0) is 13.0. The smallest absolute Gasteiger partial charge is 0.137 e. The normalized spacial score (nSPS) is 19.1. The highest BCUT2D eigenvalue weighted by Crippen LogP contribution is 2.44. The van der Waals surface area contributed by atoms with Gasteiger partial charge in [-0.05, 0) is 31.7 Å². The van der Waals surface area contributed by atoms with Crippen LogP contribution in [0.3, 0.4) is 0 Å². The Morgan fingerprint density at radius 1 is 1.44 bits per heavy atom. The van der Waals surface area contributed by atoms with E-state index < -0.39 is 11.7 Å². The fourth-order valence-electron chi connectivity index (χ4n) is 2.30. The van der Waals surface area contributed by atoms with Gasteiger partial charge in [0, 0.05) is 18.9 Å². The molecule has 1 aliphatic carbocycles. The summed E-state index contributed by atoms with van der Waals surface area (Å²) in [5.74, 6) is 0.707. The lowest BCUT2D eigenvalue weighted by Gasteiger charge is -2.44. The van der Waals surface area contributed by atoms with Gasteiger partial charge in [-0.3, -0.25) is 4.98 Å². The van der Waals surface area contributed by atoms with Gasteiger partial charge in [-0.25, -0.2) is 0 Å². The zero-order valence-electron chi connectivity index (χ0n) is 11.1. The zero-order valence-corrected chi connectivity index (χ0v) is 11.1. The summed E-state index contributed by atoms with van der Waals surface area (Å²) in [7, 11) is 1.66. The van der Waals surface area contributed by atoms with Gasteiger partial charge >= 0.3 is 0 Å². The number of pyridine rings is 1. The molecule has 0 amide bonds. The van der Waals surface area contributed by atoms with Crippen LogP contribution in [0.2, 0.25) is 0 Å². The maximum absolute atomic E-state index is 10.4. The molecule has 1 unspecified atom stereocenters. The van der Waals surface area contributed by atoms with Crippen molar-refractivity contribution in [2.45, 2.75) is 44.3 Å². The third-order valence-corrected chi connectivity index (χ3v) is 3.63. The summed E-state index contributed by atoms with van der Waals surface area (Å²) in [6.45, 7) is 2.72. The third-order valence-electron chi connectivity index (χ3n) is 3.63. The Kier molecular flexibility index (Phi) is 4.19. The van der Waals surface area contributed by atoms with Crippen molar-refractivity contribution >= 4 is 0 Å². The highest BCUT2D eigenvalue weighted by molar-refractivity contribution is 5.27. The van der Waals surface area contributed by atoms with Crippen LogP contribution in [0.5, 0.6) is 5.75 Å². The van der Waals surface area contributed by atoms with Crippen molar-refractivity contribution in [1.82, 2.24) is 4.98 Å². The Morgan fingerprint density at radius 2 is 2.22 bits per heavy atom. The molecule has 1 N–H and O–H groups in total. The van der Waals surface area contributed by atoms with Gasteiger partial charge in [0.25, 0.3) is 0 Å². The Bertz CT molecular complexity index is 385. The van der Waals surface area contributed by atoms with Crippen molar-refractivity contribution in [1.29, 1.82) is 0 Å². The van der Waals surface area contributed by atoms with Crippen molar-refractivity contribution in [3.05, 3.63) is 24.0 Å². The summed E-state index contributed by atoms with van der Waals surface area (Å²) >= 11 is 0. The predicted octanol–water partition coefficient (Wildman–Crippen LogP) is 2.47. The number of aromatic nitrogens is 1. The van der Waals surface area contributed by atoms with Gasteiger partial charge in [0.15, 0.2) is 0 Å². The molecule has 1 fully saturated rings. The molecule has 1 heterocycles. The third kappa shape index (κ3) is 2.49. The van der Waals surface area contributed by atoms with Crippen molar-refractivity contribution < 1.29 is 14.6 Å². The van der Waals surface area contributed by atoms with Crippen LogP contribution in [0.15, 0.2) is 18.5 Å². The number of aliphatic hydroxyl groups is 1. The van der Waals surface area contributed by atoms with Crippen LogP contribution in [0.4, 0.5) is 0 Å². The molecule has 2 rings (SSSR count). The number of nitrogens with zero attached hydrogens (tertiary/aromatic N) is 1. The first-order valence-electron chi connectivity index (χ1n) is 6.53. The van der Waals surface area contributed by atoms with E-state index in [9.17, 15) is 5.11 Å². The minimum Gasteiger partial charge on any atom is -0.492 e. The molecule has 0 aromatic carbocycles. The molecular weight excluding hydrogens is 230 g/mol. The second kappa shape index (κ2) is 5.67. The summed E-state index contributed by atoms with van der Waals surface area (Å²) in [5, 5.41) is 10.4. The van der Waals surface area contributed by atoms with E-state index in [1.54, 1.807) is 19.5 Å². The minimum atomic E-state index is -0.631. The molecule has 4 nitrogen and oxygen atoms in total. The summed E-state index contributed by atoms with van der Waals surface area (Å²) in [5.41, 5.74) is 0.343. The van der Waals surface area contributed by atoms with E-state index in [1.165, 1.54) is 0 Å². The van der Waals surface area contributed by atoms with Crippen molar-refractivity contribution in [3.8, 4) is 5.75 Å². The van der Waals surface area contributed by atoms with E-state index in [4.69, 9.17) is 9.47 Å². The quantitative estimate of drug-likeness (QED) is 0.844. The minimum absolute atomic E-state index is 0.426. The first-order chi connectivity index (χ1) is 8.72. The fourth-order valence-corrected chi connectivity index (χ4v) is 2.30. The predicted molar refractivity (Wildman–Crippen MR) is 68.6 cm³/mol. The molecule has 1 aromatic rings. The van der Waals surface area contributed by atoms with Crippen LogP contribution in [0.1, 0.15) is 44.3 Å². The average Bonchev–Trinajstić information content (AvgIpc) is 2.36. The monoisotopic (exact) mass is 251 g/mol. The van der Waals surface area contributed by atoms with E-state index in [0.717, 1.165) is 31.2 Å². The van der Waals surface area contributed by atoms with Gasteiger partial charge in [-0.15, -0.1) is 0 Å². The van der Waals surface area contributed by atoms with Crippen LogP contribution in [-0.4, -0.2) is 29.4 Å². The number of hydrogen-bond acceptors (Lipinski definition) is 4. The lowest BCUT2D eigenvalue weighted by atomic mass is 9.74. The first-order valence-corrected chi connectivity index (χ1v) is 6.53. The van der Waals surface area contributed by atoms with Crippen molar-refractivity contribution in [3.63, 3.8) is 0 Å². The number of aliphatic hydroxyl groups excluding tert-OH is 1. The van der Waals surface area contributed by atoms with Crippen LogP contribution in [0.25, 0.3) is 0 Å². The second-order valence-corrected chi connectivity index (χ2v) is 4.83. The highest BCUT2D eigenvalue weighted by atomic mass is 16.5. The molecule has 1 aliphatic rings. The molecule has 100 valence electrons. The molecule has 0 bridgehead atoms. The molecule has 0 radical (unpaired) electrons. The van der Waals surface area contributed by atoms with Crippen LogP contribution in [0, 0.1) is 0 Å². The highest BCUT2D eigenvalue weighted by Gasteiger charge is 2.44. The van der Waals surface area contributed by atoms with Gasteiger partial charge in [-0.2, -0.15) is 0 Å². The van der Waals surface area contributed by atoms with E-state index in [1.807, 2.05) is 6.07 Å². The van der Waals surface area contributed by atoms with Crippen LogP contribution in [-0.2, 0) is 4.74 Å². The fraction of sp³-hybridized carbons (Fsp3) is 0.643. The van der Waals surface area contributed by atoms with E-state index in [0.29, 0.717) is 12.4 Å². The van der Waals surface area contributed by atoms with E-state index in [-0.39, 0.29) is 0 Å². The summed E-state index contributed by atoms with van der Waals surface area (Å²) < 4.78 is 11.0. The Morgan fingerprint density at radius 3 is 2.78 bits per heavy atom. The van der Waals surface area contributed by atoms with E-state index in [2.05, 4.69) is 11.9 Å². The Labute approximate surface area is 108 Å². The topological polar surface area (TPSA) is 51.6 Å². The second-order valence-electron chi connectivity index (χ2n) is 4.83. The number of hydrogen-bond donors (Lipinski definition) is 1. The standard InChI is InChI=1S/C14H21NO3/c1-3-7-18-12-8-11(9-15-10-12)13(16)14(17-2)5-4-6-14/h8-10,13,16H,3-7H2,1-2H3.